The smallest absolute Gasteiger partial charge is 0.224 e. The Kier molecular flexibility index (Phi) is 3.87. The summed E-state index contributed by atoms with van der Waals surface area (Å²) in [5.74, 6) is 0.848. The molecule has 17 heavy (non-hydrogen) atoms. The number of rotatable bonds is 3. The first-order chi connectivity index (χ1) is 8.18. The van der Waals surface area contributed by atoms with E-state index in [1.807, 2.05) is 0 Å². The Bertz CT molecular complexity index is 305. The van der Waals surface area contributed by atoms with E-state index in [4.69, 9.17) is 5.73 Å². The number of nitrogens with two attached hydrogens (primary N) is 1. The molecule has 96 valence electrons. The summed E-state index contributed by atoms with van der Waals surface area (Å²) >= 11 is 0. The van der Waals surface area contributed by atoms with E-state index in [-0.39, 0.29) is 17.4 Å². The highest BCUT2D eigenvalue weighted by Crippen LogP contribution is 2.33. The van der Waals surface area contributed by atoms with Crippen LogP contribution < -0.4 is 11.1 Å². The van der Waals surface area contributed by atoms with Crippen molar-refractivity contribution in [2.24, 2.45) is 17.6 Å². The van der Waals surface area contributed by atoms with Gasteiger partial charge in [0.05, 0.1) is 5.54 Å². The van der Waals surface area contributed by atoms with Crippen molar-refractivity contribution in [3.8, 4) is 0 Å². The van der Waals surface area contributed by atoms with Crippen LogP contribution >= 0.6 is 0 Å². The molecule has 1 amide bonds. The van der Waals surface area contributed by atoms with Crippen LogP contribution in [0.5, 0.6) is 0 Å². The lowest BCUT2D eigenvalue weighted by atomic mass is 9.73. The predicted molar refractivity (Wildman–Crippen MR) is 69.4 cm³/mol. The second-order valence-corrected chi connectivity index (χ2v) is 5.64. The van der Waals surface area contributed by atoms with Crippen LogP contribution in [0.25, 0.3) is 0 Å². The van der Waals surface area contributed by atoms with Crippen LogP contribution in [0.2, 0.25) is 0 Å². The van der Waals surface area contributed by atoms with Gasteiger partial charge in [0, 0.05) is 12.5 Å². The van der Waals surface area contributed by atoms with Gasteiger partial charge in [-0.2, -0.15) is 0 Å². The van der Waals surface area contributed by atoms with Gasteiger partial charge in [0.25, 0.3) is 0 Å². The van der Waals surface area contributed by atoms with Gasteiger partial charge in [0.15, 0.2) is 0 Å². The Labute approximate surface area is 104 Å². The maximum absolute atomic E-state index is 12.2. The van der Waals surface area contributed by atoms with Crippen molar-refractivity contribution < 1.29 is 4.79 Å². The third kappa shape index (κ3) is 2.54. The molecule has 0 bridgehead atoms. The minimum atomic E-state index is -0.141. The number of hydrogen-bond donors (Lipinski definition) is 2. The molecule has 3 heteroatoms. The standard InChI is InChI=1S/C14H24N2O/c1-11-6-4-5-9-14(11,10-15)16-13(17)12-7-2-3-8-12/h2-3,11-12H,4-10,15H2,1H3,(H,16,17). The van der Waals surface area contributed by atoms with Crippen LogP contribution in [0.4, 0.5) is 0 Å². The van der Waals surface area contributed by atoms with Gasteiger partial charge in [0.2, 0.25) is 5.91 Å². The molecule has 1 saturated carbocycles. The molecule has 0 saturated heterocycles. The minimum absolute atomic E-state index is 0.141. The zero-order valence-electron chi connectivity index (χ0n) is 10.7. The zero-order valence-corrected chi connectivity index (χ0v) is 10.7. The highest BCUT2D eigenvalue weighted by atomic mass is 16.2. The molecule has 2 aliphatic rings. The molecule has 0 spiro atoms. The molecule has 2 rings (SSSR count). The average Bonchev–Trinajstić information content (AvgIpc) is 2.86. The van der Waals surface area contributed by atoms with Crippen LogP contribution in [-0.2, 0) is 4.79 Å². The van der Waals surface area contributed by atoms with Crippen LogP contribution in [-0.4, -0.2) is 18.0 Å². The van der Waals surface area contributed by atoms with E-state index in [0.29, 0.717) is 12.5 Å². The fourth-order valence-corrected chi connectivity index (χ4v) is 3.13. The number of allylic oxidation sites excluding steroid dienone is 2. The largest absolute Gasteiger partial charge is 0.349 e. The molecular weight excluding hydrogens is 212 g/mol. The molecule has 2 unspecified atom stereocenters. The summed E-state index contributed by atoms with van der Waals surface area (Å²) in [6, 6.07) is 0. The molecule has 0 aromatic rings. The summed E-state index contributed by atoms with van der Waals surface area (Å²) in [6.07, 6.45) is 10.7. The van der Waals surface area contributed by atoms with Gasteiger partial charge in [-0.25, -0.2) is 0 Å². The topological polar surface area (TPSA) is 55.1 Å². The van der Waals surface area contributed by atoms with Crippen molar-refractivity contribution in [2.75, 3.05) is 6.54 Å². The van der Waals surface area contributed by atoms with Crippen molar-refractivity contribution in [2.45, 2.75) is 51.0 Å². The Morgan fingerprint density at radius 1 is 1.41 bits per heavy atom. The molecule has 0 aliphatic heterocycles. The van der Waals surface area contributed by atoms with Gasteiger partial charge in [-0.05, 0) is 31.6 Å². The summed E-state index contributed by atoms with van der Waals surface area (Å²) < 4.78 is 0. The quantitative estimate of drug-likeness (QED) is 0.736. The first-order valence-electron chi connectivity index (χ1n) is 6.85. The summed E-state index contributed by atoms with van der Waals surface area (Å²) in [4.78, 5) is 12.2. The third-order valence-corrected chi connectivity index (χ3v) is 4.57. The van der Waals surface area contributed by atoms with Crippen molar-refractivity contribution in [1.82, 2.24) is 5.32 Å². The van der Waals surface area contributed by atoms with Gasteiger partial charge >= 0.3 is 0 Å². The van der Waals surface area contributed by atoms with Crippen LogP contribution in [0.15, 0.2) is 12.2 Å². The van der Waals surface area contributed by atoms with Gasteiger partial charge in [-0.1, -0.05) is 31.9 Å². The van der Waals surface area contributed by atoms with E-state index in [9.17, 15) is 4.79 Å². The van der Waals surface area contributed by atoms with E-state index in [2.05, 4.69) is 24.4 Å². The summed E-state index contributed by atoms with van der Waals surface area (Å²) in [7, 11) is 0. The predicted octanol–water partition coefficient (Wildman–Crippen LogP) is 1.98. The normalized spacial score (nSPS) is 33.9. The highest BCUT2D eigenvalue weighted by Gasteiger charge is 2.39. The molecule has 0 aromatic carbocycles. The second-order valence-electron chi connectivity index (χ2n) is 5.64. The molecule has 3 nitrogen and oxygen atoms in total. The van der Waals surface area contributed by atoms with E-state index >= 15 is 0 Å². The van der Waals surface area contributed by atoms with Gasteiger partial charge in [-0.15, -0.1) is 0 Å². The highest BCUT2D eigenvalue weighted by molar-refractivity contribution is 5.80. The number of amides is 1. The number of carbonyl (C=O) groups is 1. The molecule has 2 atom stereocenters. The third-order valence-electron chi connectivity index (χ3n) is 4.57. The van der Waals surface area contributed by atoms with Gasteiger partial charge in [0.1, 0.15) is 0 Å². The molecule has 2 aliphatic carbocycles. The zero-order chi connectivity index (χ0) is 12.3. The molecule has 0 radical (unpaired) electrons. The Hall–Kier alpha value is -0.830. The van der Waals surface area contributed by atoms with E-state index < -0.39 is 0 Å². The first kappa shape index (κ1) is 12.6. The van der Waals surface area contributed by atoms with Crippen molar-refractivity contribution in [3.05, 3.63) is 12.2 Å². The van der Waals surface area contributed by atoms with Gasteiger partial charge in [-0.3, -0.25) is 4.79 Å². The fourth-order valence-electron chi connectivity index (χ4n) is 3.13. The second kappa shape index (κ2) is 5.21. The molecule has 3 N–H and O–H groups in total. The van der Waals surface area contributed by atoms with E-state index in [1.54, 1.807) is 0 Å². The fraction of sp³-hybridized carbons (Fsp3) is 0.786. The molecule has 1 fully saturated rings. The Morgan fingerprint density at radius 3 is 2.71 bits per heavy atom. The van der Waals surface area contributed by atoms with Crippen LogP contribution in [0.3, 0.4) is 0 Å². The SMILES string of the molecule is CC1CCCCC1(CN)NC(=O)C1CC=CC1. The van der Waals surface area contributed by atoms with Crippen LogP contribution in [0.1, 0.15) is 45.4 Å². The lowest BCUT2D eigenvalue weighted by Crippen LogP contribution is -2.60. The Balaban J connectivity index is 2.00. The maximum atomic E-state index is 12.2. The van der Waals surface area contributed by atoms with Gasteiger partial charge < -0.3 is 11.1 Å². The maximum Gasteiger partial charge on any atom is 0.224 e. The summed E-state index contributed by atoms with van der Waals surface area (Å²) in [6.45, 7) is 2.79. The molecular formula is C14H24N2O. The summed E-state index contributed by atoms with van der Waals surface area (Å²) in [5.41, 5.74) is 5.80. The molecule has 0 aromatic heterocycles. The number of carbonyl (C=O) groups excluding carboxylic acids is 1. The number of nitrogens with one attached hydrogen (secondary N) is 1. The van der Waals surface area contributed by atoms with E-state index in [0.717, 1.165) is 19.3 Å². The van der Waals surface area contributed by atoms with Crippen LogP contribution in [0, 0.1) is 11.8 Å². The Morgan fingerprint density at radius 2 is 2.12 bits per heavy atom. The lowest BCUT2D eigenvalue weighted by Gasteiger charge is -2.43. The average molecular weight is 236 g/mol. The summed E-state index contributed by atoms with van der Waals surface area (Å²) in [5, 5.41) is 3.27. The number of hydrogen-bond acceptors (Lipinski definition) is 2. The van der Waals surface area contributed by atoms with Crippen molar-refractivity contribution >= 4 is 5.91 Å². The van der Waals surface area contributed by atoms with Crippen molar-refractivity contribution in [3.63, 3.8) is 0 Å². The first-order valence-corrected chi connectivity index (χ1v) is 6.85. The van der Waals surface area contributed by atoms with E-state index in [1.165, 1.54) is 19.3 Å². The monoisotopic (exact) mass is 236 g/mol. The molecule has 0 heterocycles. The minimum Gasteiger partial charge on any atom is -0.349 e. The van der Waals surface area contributed by atoms with Crippen molar-refractivity contribution in [1.29, 1.82) is 0 Å². The lowest BCUT2D eigenvalue weighted by molar-refractivity contribution is -0.127.